The van der Waals surface area contributed by atoms with Crippen LogP contribution in [0.3, 0.4) is 0 Å². The zero-order valence-electron chi connectivity index (χ0n) is 17.8. The molecule has 0 spiro atoms. The van der Waals surface area contributed by atoms with E-state index in [9.17, 15) is 13.2 Å². The van der Waals surface area contributed by atoms with Gasteiger partial charge in [0.05, 0.1) is 10.6 Å². The summed E-state index contributed by atoms with van der Waals surface area (Å²) in [7, 11) is -3.55. The van der Waals surface area contributed by atoms with Crippen LogP contribution in [0.2, 0.25) is 0 Å². The molecule has 0 saturated carbocycles. The van der Waals surface area contributed by atoms with Crippen LogP contribution in [-0.4, -0.2) is 52.2 Å². The molecule has 8 nitrogen and oxygen atoms in total. The van der Waals surface area contributed by atoms with Gasteiger partial charge in [-0.1, -0.05) is 42.4 Å². The first kappa shape index (κ1) is 22.5. The molecule has 4 rings (SSSR count). The Morgan fingerprint density at radius 3 is 2.53 bits per heavy atom. The third-order valence-corrected chi connectivity index (χ3v) is 8.04. The number of hydrogen-bond acceptors (Lipinski definition) is 6. The molecule has 0 bridgehead atoms. The van der Waals surface area contributed by atoms with Crippen LogP contribution in [0.25, 0.3) is 5.69 Å². The van der Waals surface area contributed by atoms with Crippen LogP contribution in [0.1, 0.15) is 25.1 Å². The third kappa shape index (κ3) is 5.03. The van der Waals surface area contributed by atoms with Crippen LogP contribution in [0, 0.1) is 6.92 Å². The summed E-state index contributed by atoms with van der Waals surface area (Å²) < 4.78 is 29.2. The van der Waals surface area contributed by atoms with Crippen molar-refractivity contribution in [2.75, 3.05) is 24.2 Å². The van der Waals surface area contributed by atoms with E-state index in [0.29, 0.717) is 23.9 Å². The standard InChI is InChI=1S/C22H25N5O3S2/c1-17-24-25-22(27(17)19-10-4-2-5-11-19)31-16-21(28)23-18-9-8-12-20(15-18)32(29,30)26-13-6-3-7-14-26/h2,4-5,8-12,15H,3,6-7,13-14,16H2,1H3,(H,23,28). The van der Waals surface area contributed by atoms with Gasteiger partial charge in [-0.2, -0.15) is 4.31 Å². The van der Waals surface area contributed by atoms with Gasteiger partial charge >= 0.3 is 0 Å². The summed E-state index contributed by atoms with van der Waals surface area (Å²) >= 11 is 1.27. The molecule has 10 heteroatoms. The lowest BCUT2D eigenvalue weighted by atomic mass is 10.2. The minimum absolute atomic E-state index is 0.119. The van der Waals surface area contributed by atoms with Gasteiger partial charge in [0.25, 0.3) is 0 Å². The summed E-state index contributed by atoms with van der Waals surface area (Å²) in [5, 5.41) is 11.7. The number of sulfonamides is 1. The quantitative estimate of drug-likeness (QED) is 0.530. The predicted octanol–water partition coefficient (Wildman–Crippen LogP) is 3.48. The smallest absolute Gasteiger partial charge is 0.243 e. The van der Waals surface area contributed by atoms with Crippen LogP contribution in [-0.2, 0) is 14.8 Å². The Bertz CT molecular complexity index is 1190. The molecule has 0 radical (unpaired) electrons. The van der Waals surface area contributed by atoms with E-state index < -0.39 is 10.0 Å². The van der Waals surface area contributed by atoms with Gasteiger partial charge in [-0.25, -0.2) is 8.42 Å². The number of nitrogens with zero attached hydrogens (tertiary/aromatic N) is 4. The van der Waals surface area contributed by atoms with Crippen LogP contribution >= 0.6 is 11.8 Å². The number of amides is 1. The Morgan fingerprint density at radius 1 is 1.03 bits per heavy atom. The fraction of sp³-hybridized carbons (Fsp3) is 0.318. The van der Waals surface area contributed by atoms with Crippen LogP contribution in [0.5, 0.6) is 0 Å². The van der Waals surface area contributed by atoms with Crippen molar-refractivity contribution in [3.05, 3.63) is 60.4 Å². The molecule has 0 atom stereocenters. The molecule has 0 aliphatic carbocycles. The monoisotopic (exact) mass is 471 g/mol. The molecule has 1 fully saturated rings. The zero-order chi connectivity index (χ0) is 22.6. The number of aromatic nitrogens is 3. The molecule has 0 unspecified atom stereocenters. The number of benzene rings is 2. The van der Waals surface area contributed by atoms with Crippen LogP contribution in [0.4, 0.5) is 5.69 Å². The first-order valence-electron chi connectivity index (χ1n) is 10.5. The Balaban J connectivity index is 1.42. The highest BCUT2D eigenvalue weighted by Gasteiger charge is 2.26. The summed E-state index contributed by atoms with van der Waals surface area (Å²) in [4.78, 5) is 12.8. The van der Waals surface area contributed by atoms with E-state index in [4.69, 9.17) is 0 Å². The fourth-order valence-corrected chi connectivity index (χ4v) is 5.99. The predicted molar refractivity (Wildman–Crippen MR) is 125 cm³/mol. The third-order valence-electron chi connectivity index (χ3n) is 5.21. The number of piperidine rings is 1. The molecule has 1 saturated heterocycles. The van der Waals surface area contributed by atoms with E-state index in [-0.39, 0.29) is 16.6 Å². The lowest BCUT2D eigenvalue weighted by molar-refractivity contribution is -0.113. The maximum atomic E-state index is 12.9. The van der Waals surface area contributed by atoms with Gasteiger partial charge in [-0.3, -0.25) is 9.36 Å². The highest BCUT2D eigenvalue weighted by molar-refractivity contribution is 7.99. The first-order valence-corrected chi connectivity index (χ1v) is 12.9. The molecule has 2 aromatic carbocycles. The number of anilines is 1. The number of hydrogen-bond donors (Lipinski definition) is 1. The van der Waals surface area contributed by atoms with Gasteiger partial charge in [0.2, 0.25) is 15.9 Å². The van der Waals surface area contributed by atoms with E-state index in [1.807, 2.05) is 41.8 Å². The van der Waals surface area contributed by atoms with Crippen molar-refractivity contribution < 1.29 is 13.2 Å². The van der Waals surface area contributed by atoms with Crippen molar-refractivity contribution in [3.63, 3.8) is 0 Å². The Morgan fingerprint density at radius 2 is 1.78 bits per heavy atom. The average molecular weight is 472 g/mol. The van der Waals surface area contributed by atoms with Crippen molar-refractivity contribution in [2.45, 2.75) is 36.2 Å². The summed E-state index contributed by atoms with van der Waals surface area (Å²) in [6.45, 7) is 2.94. The number of carbonyl (C=O) groups is 1. The van der Waals surface area contributed by atoms with Crippen molar-refractivity contribution in [1.29, 1.82) is 0 Å². The van der Waals surface area contributed by atoms with E-state index >= 15 is 0 Å². The largest absolute Gasteiger partial charge is 0.325 e. The molecule has 3 aromatic rings. The van der Waals surface area contributed by atoms with Crippen LogP contribution < -0.4 is 5.32 Å². The molecule has 1 aliphatic heterocycles. The molecule has 1 aliphatic rings. The summed E-state index contributed by atoms with van der Waals surface area (Å²) in [5.41, 5.74) is 1.38. The second kappa shape index (κ2) is 9.85. The highest BCUT2D eigenvalue weighted by Crippen LogP contribution is 2.24. The second-order valence-electron chi connectivity index (χ2n) is 7.53. The molecule has 1 aromatic heterocycles. The summed E-state index contributed by atoms with van der Waals surface area (Å²) in [6.07, 6.45) is 2.80. The second-order valence-corrected chi connectivity index (χ2v) is 10.4. The van der Waals surface area contributed by atoms with E-state index in [0.717, 1.165) is 30.8 Å². The van der Waals surface area contributed by atoms with E-state index in [1.54, 1.807) is 18.2 Å². The van der Waals surface area contributed by atoms with E-state index in [2.05, 4.69) is 15.5 Å². The molecule has 2 heterocycles. The molecule has 1 amide bonds. The molecule has 168 valence electrons. The van der Waals surface area contributed by atoms with Crippen molar-refractivity contribution >= 4 is 33.4 Å². The number of carbonyl (C=O) groups excluding carboxylic acids is 1. The highest BCUT2D eigenvalue weighted by atomic mass is 32.2. The first-order chi connectivity index (χ1) is 15.4. The van der Waals surface area contributed by atoms with Gasteiger partial charge in [0, 0.05) is 24.5 Å². The summed E-state index contributed by atoms with van der Waals surface area (Å²) in [6, 6.07) is 16.1. The molecular formula is C22H25N5O3S2. The van der Waals surface area contributed by atoms with Crippen molar-refractivity contribution in [3.8, 4) is 5.69 Å². The molecule has 1 N–H and O–H groups in total. The van der Waals surface area contributed by atoms with Gasteiger partial charge in [-0.15, -0.1) is 10.2 Å². The maximum absolute atomic E-state index is 12.9. The van der Waals surface area contributed by atoms with E-state index in [1.165, 1.54) is 22.1 Å². The number of para-hydroxylation sites is 1. The fourth-order valence-electron chi connectivity index (χ4n) is 3.63. The van der Waals surface area contributed by atoms with Crippen LogP contribution in [0.15, 0.2) is 64.6 Å². The van der Waals surface area contributed by atoms with Crippen molar-refractivity contribution in [1.82, 2.24) is 19.1 Å². The normalized spacial score (nSPS) is 14.9. The SMILES string of the molecule is Cc1nnc(SCC(=O)Nc2cccc(S(=O)(=O)N3CCCCC3)c2)n1-c1ccccc1. The zero-order valence-corrected chi connectivity index (χ0v) is 19.4. The van der Waals surface area contributed by atoms with Gasteiger partial charge in [-0.05, 0) is 50.1 Å². The lowest BCUT2D eigenvalue weighted by Crippen LogP contribution is -2.35. The van der Waals surface area contributed by atoms with Gasteiger partial charge in [0.15, 0.2) is 5.16 Å². The molecular weight excluding hydrogens is 446 g/mol. The minimum atomic E-state index is -3.55. The van der Waals surface area contributed by atoms with Crippen molar-refractivity contribution in [2.24, 2.45) is 0 Å². The Hall–Kier alpha value is -2.69. The van der Waals surface area contributed by atoms with Gasteiger partial charge < -0.3 is 5.32 Å². The number of thioether (sulfide) groups is 1. The number of nitrogens with one attached hydrogen (secondary N) is 1. The Kier molecular flexibility index (Phi) is 6.92. The maximum Gasteiger partial charge on any atom is 0.243 e. The van der Waals surface area contributed by atoms with Gasteiger partial charge in [0.1, 0.15) is 5.82 Å². The summed E-state index contributed by atoms with van der Waals surface area (Å²) in [5.74, 6) is 0.603. The minimum Gasteiger partial charge on any atom is -0.325 e. The number of rotatable bonds is 7. The average Bonchev–Trinajstić information content (AvgIpc) is 3.19. The number of aryl methyl sites for hydroxylation is 1. The topological polar surface area (TPSA) is 97.2 Å². The lowest BCUT2D eigenvalue weighted by Gasteiger charge is -2.26. The Labute approximate surface area is 192 Å². The molecule has 32 heavy (non-hydrogen) atoms.